The summed E-state index contributed by atoms with van der Waals surface area (Å²) in [6, 6.07) is -0.519. The molecule has 0 aliphatic carbocycles. The molecule has 1 unspecified atom stereocenters. The second-order valence-corrected chi connectivity index (χ2v) is 2.69. The highest BCUT2D eigenvalue weighted by atomic mass is 35.5. The van der Waals surface area contributed by atoms with Gasteiger partial charge in [-0.15, -0.1) is 12.4 Å². The first-order valence-electron chi connectivity index (χ1n) is 3.62. The van der Waals surface area contributed by atoms with Crippen molar-refractivity contribution in [1.29, 1.82) is 0 Å². The van der Waals surface area contributed by atoms with E-state index in [4.69, 9.17) is 10.5 Å². The lowest BCUT2D eigenvalue weighted by molar-refractivity contribution is -0.145. The average Bonchev–Trinajstić information content (AvgIpc) is 1.98. The van der Waals surface area contributed by atoms with Gasteiger partial charge in [-0.2, -0.15) is 0 Å². The van der Waals surface area contributed by atoms with E-state index in [1.165, 1.54) is 6.08 Å². The normalized spacial score (nSPS) is 11.7. The number of rotatable bonds is 4. The Bertz CT molecular complexity index is 148. The molecule has 4 heteroatoms. The van der Waals surface area contributed by atoms with Gasteiger partial charge in [-0.25, -0.2) is 0 Å². The maximum absolute atomic E-state index is 10.9. The van der Waals surface area contributed by atoms with E-state index in [1.54, 1.807) is 0 Å². The predicted molar refractivity (Wildman–Crippen MR) is 51.2 cm³/mol. The molecule has 0 aromatic carbocycles. The molecule has 0 saturated heterocycles. The van der Waals surface area contributed by atoms with Crippen LogP contribution in [0.1, 0.15) is 13.8 Å². The number of carbonyl (C=O) groups is 1. The van der Waals surface area contributed by atoms with Crippen LogP contribution in [0.2, 0.25) is 0 Å². The summed E-state index contributed by atoms with van der Waals surface area (Å²) in [5.41, 5.74) is 5.49. The fraction of sp³-hybridized carbons (Fsp3) is 0.625. The predicted octanol–water partition coefficient (Wildman–Crippen LogP) is 1.12. The van der Waals surface area contributed by atoms with Gasteiger partial charge in [0.2, 0.25) is 0 Å². The van der Waals surface area contributed by atoms with Gasteiger partial charge in [0, 0.05) is 0 Å². The smallest absolute Gasteiger partial charge is 0.323 e. The Morgan fingerprint density at radius 3 is 2.50 bits per heavy atom. The Balaban J connectivity index is 0. The van der Waals surface area contributed by atoms with E-state index in [0.717, 1.165) is 0 Å². The second-order valence-electron chi connectivity index (χ2n) is 2.69. The number of halogens is 1. The van der Waals surface area contributed by atoms with Crippen molar-refractivity contribution in [3.63, 3.8) is 0 Å². The summed E-state index contributed by atoms with van der Waals surface area (Å²) >= 11 is 0. The first-order valence-corrected chi connectivity index (χ1v) is 3.62. The van der Waals surface area contributed by atoms with Crippen LogP contribution in [0.3, 0.4) is 0 Å². The second kappa shape index (κ2) is 7.13. The molecule has 0 radical (unpaired) electrons. The molecule has 72 valence electrons. The molecule has 0 aromatic rings. The van der Waals surface area contributed by atoms with Crippen molar-refractivity contribution in [3.05, 3.63) is 12.7 Å². The standard InChI is InChI=1S/C8H15NO2.ClH/c1-4-5-11-8(10)7(9)6(2)3;/h4,6-7H,1,5,9H2,2-3H3;1H. The van der Waals surface area contributed by atoms with Crippen molar-refractivity contribution in [2.24, 2.45) is 11.7 Å². The van der Waals surface area contributed by atoms with E-state index in [2.05, 4.69) is 6.58 Å². The molecule has 12 heavy (non-hydrogen) atoms. The van der Waals surface area contributed by atoms with Crippen molar-refractivity contribution < 1.29 is 9.53 Å². The molecule has 0 aliphatic rings. The van der Waals surface area contributed by atoms with E-state index >= 15 is 0 Å². The number of carbonyl (C=O) groups excluding carboxylic acids is 1. The molecule has 0 aromatic heterocycles. The van der Waals surface area contributed by atoms with Gasteiger partial charge in [-0.3, -0.25) is 4.79 Å². The first-order chi connectivity index (χ1) is 5.09. The zero-order chi connectivity index (χ0) is 8.85. The fourth-order valence-corrected chi connectivity index (χ4v) is 0.509. The third kappa shape index (κ3) is 5.16. The van der Waals surface area contributed by atoms with Crippen LogP contribution in [0.4, 0.5) is 0 Å². The van der Waals surface area contributed by atoms with Gasteiger partial charge in [0.05, 0.1) is 0 Å². The maximum Gasteiger partial charge on any atom is 0.323 e. The molecule has 0 saturated carbocycles. The lowest BCUT2D eigenvalue weighted by Gasteiger charge is -2.13. The van der Waals surface area contributed by atoms with Gasteiger partial charge in [-0.05, 0) is 5.92 Å². The SMILES string of the molecule is C=CCOC(=O)C(N)C(C)C.Cl. The minimum absolute atomic E-state index is 0. The van der Waals surface area contributed by atoms with E-state index in [-0.39, 0.29) is 30.9 Å². The highest BCUT2D eigenvalue weighted by Gasteiger charge is 2.17. The lowest BCUT2D eigenvalue weighted by Crippen LogP contribution is -2.36. The van der Waals surface area contributed by atoms with E-state index in [0.29, 0.717) is 0 Å². The molecule has 0 bridgehead atoms. The largest absolute Gasteiger partial charge is 0.460 e. The van der Waals surface area contributed by atoms with E-state index in [9.17, 15) is 4.79 Å². The molecule has 0 rings (SSSR count). The molecular formula is C8H16ClNO2. The zero-order valence-corrected chi connectivity index (χ0v) is 8.26. The monoisotopic (exact) mass is 193 g/mol. The quantitative estimate of drug-likeness (QED) is 0.538. The van der Waals surface area contributed by atoms with Gasteiger partial charge < -0.3 is 10.5 Å². The van der Waals surface area contributed by atoms with Crippen molar-refractivity contribution >= 4 is 18.4 Å². The topological polar surface area (TPSA) is 52.3 Å². The van der Waals surface area contributed by atoms with Gasteiger partial charge in [0.1, 0.15) is 12.6 Å². The molecular weight excluding hydrogens is 178 g/mol. The van der Waals surface area contributed by atoms with Crippen LogP contribution in [-0.2, 0) is 9.53 Å². The molecule has 1 atom stereocenters. The van der Waals surface area contributed by atoms with Crippen molar-refractivity contribution in [2.45, 2.75) is 19.9 Å². The van der Waals surface area contributed by atoms with Gasteiger partial charge in [0.25, 0.3) is 0 Å². The summed E-state index contributed by atoms with van der Waals surface area (Å²) in [4.78, 5) is 10.9. The van der Waals surface area contributed by atoms with Crippen LogP contribution in [-0.4, -0.2) is 18.6 Å². The van der Waals surface area contributed by atoms with Gasteiger partial charge in [0.15, 0.2) is 0 Å². The van der Waals surface area contributed by atoms with Crippen LogP contribution in [0, 0.1) is 5.92 Å². The first kappa shape index (κ1) is 14.0. The average molecular weight is 194 g/mol. The molecule has 0 amide bonds. The Labute approximate surface area is 79.4 Å². The molecule has 0 aliphatic heterocycles. The van der Waals surface area contributed by atoms with Crippen LogP contribution < -0.4 is 5.73 Å². The number of nitrogens with two attached hydrogens (primary N) is 1. The van der Waals surface area contributed by atoms with Crippen LogP contribution in [0.15, 0.2) is 12.7 Å². The highest BCUT2D eigenvalue weighted by molar-refractivity contribution is 5.85. The molecule has 0 spiro atoms. The van der Waals surface area contributed by atoms with Crippen LogP contribution >= 0.6 is 12.4 Å². The number of hydrogen-bond acceptors (Lipinski definition) is 3. The Morgan fingerprint density at radius 2 is 2.17 bits per heavy atom. The van der Waals surface area contributed by atoms with E-state index in [1.807, 2.05) is 13.8 Å². The number of hydrogen-bond donors (Lipinski definition) is 1. The Morgan fingerprint density at radius 1 is 1.67 bits per heavy atom. The summed E-state index contributed by atoms with van der Waals surface area (Å²) in [6.45, 7) is 7.40. The summed E-state index contributed by atoms with van der Waals surface area (Å²) in [5.74, 6) is -0.243. The minimum Gasteiger partial charge on any atom is -0.460 e. The van der Waals surface area contributed by atoms with E-state index < -0.39 is 6.04 Å². The summed E-state index contributed by atoms with van der Waals surface area (Å²) in [5, 5.41) is 0. The summed E-state index contributed by atoms with van der Waals surface area (Å²) in [7, 11) is 0. The van der Waals surface area contributed by atoms with Crippen LogP contribution in [0.25, 0.3) is 0 Å². The fourth-order valence-electron chi connectivity index (χ4n) is 0.509. The summed E-state index contributed by atoms with van der Waals surface area (Å²) in [6.07, 6.45) is 1.52. The van der Waals surface area contributed by atoms with Crippen molar-refractivity contribution in [2.75, 3.05) is 6.61 Å². The number of esters is 1. The van der Waals surface area contributed by atoms with Crippen molar-refractivity contribution in [3.8, 4) is 0 Å². The maximum atomic E-state index is 10.9. The van der Waals surface area contributed by atoms with Gasteiger partial charge >= 0.3 is 5.97 Å². The molecule has 2 N–H and O–H groups in total. The lowest BCUT2D eigenvalue weighted by atomic mass is 10.1. The number of ether oxygens (including phenoxy) is 1. The molecule has 3 nitrogen and oxygen atoms in total. The molecule has 0 fully saturated rings. The van der Waals surface area contributed by atoms with Gasteiger partial charge in [-0.1, -0.05) is 26.5 Å². The Hall–Kier alpha value is -0.540. The van der Waals surface area contributed by atoms with Crippen molar-refractivity contribution in [1.82, 2.24) is 0 Å². The minimum atomic E-state index is -0.519. The highest BCUT2D eigenvalue weighted by Crippen LogP contribution is 1.99. The molecule has 0 heterocycles. The Kier molecular flexibility index (Phi) is 8.32. The van der Waals surface area contributed by atoms with Crippen LogP contribution in [0.5, 0.6) is 0 Å². The third-order valence-corrected chi connectivity index (χ3v) is 1.33. The third-order valence-electron chi connectivity index (χ3n) is 1.33. The summed E-state index contributed by atoms with van der Waals surface area (Å²) < 4.78 is 4.73. The zero-order valence-electron chi connectivity index (χ0n) is 7.45.